The van der Waals surface area contributed by atoms with Gasteiger partial charge in [-0.2, -0.15) is 0 Å². The molecular formula is C28H31N5O4. The van der Waals surface area contributed by atoms with E-state index in [1.807, 2.05) is 30.3 Å². The molecule has 4 rings (SSSR count). The van der Waals surface area contributed by atoms with Crippen molar-refractivity contribution in [3.8, 4) is 11.5 Å². The number of aryl methyl sites for hydroxylation is 1. The first-order valence-corrected chi connectivity index (χ1v) is 12.3. The lowest BCUT2D eigenvalue weighted by Gasteiger charge is -2.20. The third kappa shape index (κ3) is 7.37. The van der Waals surface area contributed by atoms with E-state index >= 15 is 0 Å². The van der Waals surface area contributed by atoms with Crippen molar-refractivity contribution < 1.29 is 19.1 Å². The summed E-state index contributed by atoms with van der Waals surface area (Å²) in [4.78, 5) is 33.4. The standard InChI is InChI=1S/C28H31N5O4/c1-19-26(37-28(35)33-23-8-3-2-4-9-23)24(18-31-16-20-11-13-30-14-12-20)22(17-32-19)15-21-7-5-6-10-25(21)36-27(29)34/h2-10,17-18,20,30H,11-16H2,1H3,(H2,29,34)(H,33,35). The molecule has 0 radical (unpaired) electrons. The summed E-state index contributed by atoms with van der Waals surface area (Å²) in [6.45, 7) is 4.44. The summed E-state index contributed by atoms with van der Waals surface area (Å²) in [7, 11) is 0. The number of carbonyl (C=O) groups is 2. The predicted octanol–water partition coefficient (Wildman–Crippen LogP) is 4.47. The van der Waals surface area contributed by atoms with E-state index in [2.05, 4.69) is 15.6 Å². The van der Waals surface area contributed by atoms with E-state index in [0.29, 0.717) is 47.3 Å². The van der Waals surface area contributed by atoms with Crippen LogP contribution in [-0.4, -0.2) is 43.0 Å². The molecule has 0 aliphatic carbocycles. The molecule has 2 heterocycles. The van der Waals surface area contributed by atoms with Crippen LogP contribution in [0.25, 0.3) is 0 Å². The van der Waals surface area contributed by atoms with Gasteiger partial charge in [-0.15, -0.1) is 0 Å². The summed E-state index contributed by atoms with van der Waals surface area (Å²) in [5.74, 6) is 1.19. The number of benzene rings is 2. The summed E-state index contributed by atoms with van der Waals surface area (Å²) in [6, 6.07) is 16.2. The highest BCUT2D eigenvalue weighted by Gasteiger charge is 2.19. The zero-order chi connectivity index (χ0) is 26.0. The second kappa shape index (κ2) is 12.6. The third-order valence-corrected chi connectivity index (χ3v) is 6.15. The maximum absolute atomic E-state index is 12.8. The van der Waals surface area contributed by atoms with Crippen molar-refractivity contribution in [2.24, 2.45) is 16.6 Å². The summed E-state index contributed by atoms with van der Waals surface area (Å²) >= 11 is 0. The number of nitrogens with zero attached hydrogens (tertiary/aromatic N) is 2. The van der Waals surface area contributed by atoms with Gasteiger partial charge < -0.3 is 20.5 Å². The molecule has 2 aromatic carbocycles. The van der Waals surface area contributed by atoms with Crippen molar-refractivity contribution in [3.05, 3.63) is 83.2 Å². The van der Waals surface area contributed by atoms with E-state index in [9.17, 15) is 9.59 Å². The number of hydrogen-bond acceptors (Lipinski definition) is 7. The summed E-state index contributed by atoms with van der Waals surface area (Å²) in [6.07, 6.45) is 4.47. The number of para-hydroxylation sites is 2. The zero-order valence-corrected chi connectivity index (χ0v) is 20.8. The highest BCUT2D eigenvalue weighted by atomic mass is 16.6. The molecule has 0 saturated carbocycles. The van der Waals surface area contributed by atoms with Crippen LogP contribution in [0.15, 0.2) is 65.8 Å². The molecule has 1 fully saturated rings. The quantitative estimate of drug-likeness (QED) is 0.391. The van der Waals surface area contributed by atoms with E-state index < -0.39 is 12.2 Å². The first-order valence-electron chi connectivity index (χ1n) is 12.3. The van der Waals surface area contributed by atoms with Crippen molar-refractivity contribution in [1.82, 2.24) is 10.3 Å². The Bertz CT molecular complexity index is 1260. The topological polar surface area (TPSA) is 128 Å². The van der Waals surface area contributed by atoms with Gasteiger partial charge in [0, 0.05) is 36.6 Å². The highest BCUT2D eigenvalue weighted by molar-refractivity contribution is 5.91. The van der Waals surface area contributed by atoms with Crippen molar-refractivity contribution in [1.29, 1.82) is 0 Å². The fourth-order valence-electron chi connectivity index (χ4n) is 4.23. The minimum absolute atomic E-state index is 0.327. The molecule has 1 aromatic heterocycles. The molecule has 1 aliphatic rings. The van der Waals surface area contributed by atoms with Gasteiger partial charge in [0.2, 0.25) is 0 Å². The molecule has 2 amide bonds. The van der Waals surface area contributed by atoms with Gasteiger partial charge in [-0.1, -0.05) is 36.4 Å². The Morgan fingerprint density at radius 1 is 1.08 bits per heavy atom. The number of piperidine rings is 1. The monoisotopic (exact) mass is 501 g/mol. The number of aromatic nitrogens is 1. The van der Waals surface area contributed by atoms with Crippen LogP contribution in [0, 0.1) is 12.8 Å². The maximum Gasteiger partial charge on any atom is 0.417 e. The number of rotatable bonds is 8. The lowest BCUT2D eigenvalue weighted by atomic mass is 9.98. The third-order valence-electron chi connectivity index (χ3n) is 6.15. The fraction of sp³-hybridized carbons (Fsp3) is 0.286. The molecule has 9 heteroatoms. The first kappa shape index (κ1) is 25.8. The molecule has 1 aliphatic heterocycles. The van der Waals surface area contributed by atoms with Crippen molar-refractivity contribution in [3.63, 3.8) is 0 Å². The Morgan fingerprint density at radius 3 is 2.57 bits per heavy atom. The van der Waals surface area contributed by atoms with Gasteiger partial charge in [0.05, 0.1) is 5.69 Å². The Balaban J connectivity index is 1.64. The number of nitrogens with one attached hydrogen (secondary N) is 2. The Hall–Kier alpha value is -4.24. The molecule has 4 N–H and O–H groups in total. The van der Waals surface area contributed by atoms with Crippen molar-refractivity contribution >= 4 is 24.1 Å². The van der Waals surface area contributed by atoms with Crippen molar-refractivity contribution in [2.75, 3.05) is 25.0 Å². The van der Waals surface area contributed by atoms with Crippen LogP contribution in [0.1, 0.15) is 35.2 Å². The smallest absolute Gasteiger partial charge is 0.410 e. The minimum Gasteiger partial charge on any atom is -0.410 e. The summed E-state index contributed by atoms with van der Waals surface area (Å²) in [5.41, 5.74) is 8.58. The molecule has 1 saturated heterocycles. The van der Waals surface area contributed by atoms with Gasteiger partial charge in [-0.25, -0.2) is 9.59 Å². The first-order chi connectivity index (χ1) is 18.0. The number of ether oxygens (including phenoxy) is 2. The van der Waals surface area contributed by atoms with Gasteiger partial charge in [-0.05, 0) is 68.1 Å². The molecule has 37 heavy (non-hydrogen) atoms. The van der Waals surface area contributed by atoms with Gasteiger partial charge in [0.1, 0.15) is 5.75 Å². The number of primary amides is 1. The molecule has 0 unspecified atom stereocenters. The summed E-state index contributed by atoms with van der Waals surface area (Å²) in [5, 5.41) is 6.11. The van der Waals surface area contributed by atoms with Crippen LogP contribution in [0.5, 0.6) is 11.5 Å². The highest BCUT2D eigenvalue weighted by Crippen LogP contribution is 2.29. The zero-order valence-electron chi connectivity index (χ0n) is 20.8. The number of hydrogen-bond donors (Lipinski definition) is 3. The molecule has 0 atom stereocenters. The second-order valence-electron chi connectivity index (χ2n) is 8.89. The molecule has 0 bridgehead atoms. The second-order valence-corrected chi connectivity index (χ2v) is 8.89. The van der Waals surface area contributed by atoms with Crippen LogP contribution in [-0.2, 0) is 6.42 Å². The van der Waals surface area contributed by atoms with E-state index in [1.165, 1.54) is 0 Å². The van der Waals surface area contributed by atoms with Gasteiger partial charge in [-0.3, -0.25) is 15.3 Å². The molecule has 9 nitrogen and oxygen atoms in total. The van der Waals surface area contributed by atoms with Crippen LogP contribution in [0.4, 0.5) is 15.3 Å². The summed E-state index contributed by atoms with van der Waals surface area (Å²) < 4.78 is 11.0. The lowest BCUT2D eigenvalue weighted by Crippen LogP contribution is -2.29. The minimum atomic E-state index is -0.889. The van der Waals surface area contributed by atoms with Gasteiger partial charge in [0.15, 0.2) is 5.75 Å². The van der Waals surface area contributed by atoms with E-state index in [1.54, 1.807) is 43.6 Å². The molecule has 0 spiro atoms. The van der Waals surface area contributed by atoms with E-state index in [4.69, 9.17) is 20.2 Å². The van der Waals surface area contributed by atoms with E-state index in [0.717, 1.165) is 37.1 Å². The SMILES string of the molecule is Cc1ncc(Cc2ccccc2OC(N)=O)c(C=NCC2CCNCC2)c1OC(=O)Nc1ccccc1. The van der Waals surface area contributed by atoms with Crippen LogP contribution in [0.2, 0.25) is 0 Å². The van der Waals surface area contributed by atoms with Crippen molar-refractivity contribution in [2.45, 2.75) is 26.2 Å². The molecular weight excluding hydrogens is 470 g/mol. The predicted molar refractivity (Wildman–Crippen MR) is 143 cm³/mol. The Kier molecular flexibility index (Phi) is 8.83. The fourth-order valence-corrected chi connectivity index (χ4v) is 4.23. The average molecular weight is 502 g/mol. The largest absolute Gasteiger partial charge is 0.417 e. The molecule has 192 valence electrons. The maximum atomic E-state index is 12.8. The number of carbonyl (C=O) groups excluding carboxylic acids is 2. The van der Waals surface area contributed by atoms with Gasteiger partial charge >= 0.3 is 12.2 Å². The number of nitrogens with two attached hydrogens (primary N) is 1. The lowest BCUT2D eigenvalue weighted by molar-refractivity contribution is 0.210. The van der Waals surface area contributed by atoms with Gasteiger partial charge in [0.25, 0.3) is 0 Å². The number of aliphatic imine (C=N–C) groups is 1. The molecule has 3 aromatic rings. The van der Waals surface area contributed by atoms with E-state index in [-0.39, 0.29) is 0 Å². The normalized spacial score (nSPS) is 13.9. The average Bonchev–Trinajstić information content (AvgIpc) is 2.89. The number of pyridine rings is 1. The Morgan fingerprint density at radius 2 is 1.81 bits per heavy atom. The van der Waals surface area contributed by atoms with Crippen LogP contribution < -0.4 is 25.8 Å². The Labute approximate surface area is 216 Å². The van der Waals surface area contributed by atoms with Crippen LogP contribution in [0.3, 0.4) is 0 Å². The van der Waals surface area contributed by atoms with Crippen LogP contribution >= 0.6 is 0 Å². The number of amides is 2. The number of anilines is 1.